The second kappa shape index (κ2) is 6.63. The standard InChI is InChI=1S/C16H25N3O3S/c1-12-17-18-15(23-12)19-10-16(11-19)8-14(4-7-22-16)21-9-13-2-5-20-6-3-13/h13-14H,2-11H2,1H3/t14-/m1/s1. The SMILES string of the molecule is Cc1nnc(N2CC3(C[C@H](OCC4CCOCC4)CCO3)C2)s1. The van der Waals surface area contributed by atoms with Gasteiger partial charge in [0, 0.05) is 32.8 Å². The molecule has 4 rings (SSSR count). The van der Waals surface area contributed by atoms with Gasteiger partial charge in [0.2, 0.25) is 5.13 Å². The Bertz CT molecular complexity index is 526. The van der Waals surface area contributed by atoms with Crippen molar-refractivity contribution < 1.29 is 14.2 Å². The van der Waals surface area contributed by atoms with Crippen molar-refractivity contribution in [2.45, 2.75) is 44.3 Å². The molecule has 128 valence electrons. The highest BCUT2D eigenvalue weighted by molar-refractivity contribution is 7.15. The summed E-state index contributed by atoms with van der Waals surface area (Å²) >= 11 is 1.65. The first-order valence-corrected chi connectivity index (χ1v) is 9.42. The van der Waals surface area contributed by atoms with Gasteiger partial charge in [-0.15, -0.1) is 10.2 Å². The fourth-order valence-corrected chi connectivity index (χ4v) is 4.41. The third kappa shape index (κ3) is 3.52. The Kier molecular flexibility index (Phi) is 4.54. The predicted octanol–water partition coefficient (Wildman–Crippen LogP) is 2.03. The molecule has 4 heterocycles. The lowest BCUT2D eigenvalue weighted by atomic mass is 9.85. The topological polar surface area (TPSA) is 56.7 Å². The lowest BCUT2D eigenvalue weighted by Gasteiger charge is -2.52. The Morgan fingerprint density at radius 1 is 1.22 bits per heavy atom. The number of rotatable bonds is 4. The monoisotopic (exact) mass is 339 g/mol. The third-order valence-corrected chi connectivity index (χ3v) is 6.00. The van der Waals surface area contributed by atoms with Crippen molar-refractivity contribution in [3.63, 3.8) is 0 Å². The van der Waals surface area contributed by atoms with Crippen LogP contribution in [-0.2, 0) is 14.2 Å². The quantitative estimate of drug-likeness (QED) is 0.837. The fraction of sp³-hybridized carbons (Fsp3) is 0.875. The second-order valence-electron chi connectivity index (χ2n) is 7.00. The summed E-state index contributed by atoms with van der Waals surface area (Å²) in [6, 6.07) is 0. The van der Waals surface area contributed by atoms with E-state index in [1.807, 2.05) is 6.92 Å². The highest BCUT2D eigenvalue weighted by Crippen LogP contribution is 2.38. The fourth-order valence-electron chi connectivity index (χ4n) is 3.73. The molecule has 0 N–H and O–H groups in total. The van der Waals surface area contributed by atoms with Crippen molar-refractivity contribution >= 4 is 16.5 Å². The van der Waals surface area contributed by atoms with Gasteiger partial charge in [0.1, 0.15) is 10.6 Å². The second-order valence-corrected chi connectivity index (χ2v) is 8.16. The van der Waals surface area contributed by atoms with Crippen LogP contribution in [0.4, 0.5) is 5.13 Å². The zero-order chi connectivity index (χ0) is 15.7. The zero-order valence-electron chi connectivity index (χ0n) is 13.7. The Balaban J connectivity index is 1.26. The highest BCUT2D eigenvalue weighted by Gasteiger charge is 2.49. The lowest BCUT2D eigenvalue weighted by Crippen LogP contribution is -2.66. The van der Waals surface area contributed by atoms with E-state index in [4.69, 9.17) is 14.2 Å². The van der Waals surface area contributed by atoms with Gasteiger partial charge in [-0.3, -0.25) is 0 Å². The summed E-state index contributed by atoms with van der Waals surface area (Å²) in [5.41, 5.74) is -0.0296. The number of aromatic nitrogens is 2. The first-order valence-electron chi connectivity index (χ1n) is 8.61. The van der Waals surface area contributed by atoms with Crippen LogP contribution in [0, 0.1) is 12.8 Å². The van der Waals surface area contributed by atoms with Crippen LogP contribution in [0.25, 0.3) is 0 Å². The van der Waals surface area contributed by atoms with Crippen LogP contribution in [0.2, 0.25) is 0 Å². The number of aryl methyl sites for hydroxylation is 1. The largest absolute Gasteiger partial charge is 0.381 e. The average molecular weight is 339 g/mol. The van der Waals surface area contributed by atoms with E-state index in [1.165, 1.54) is 0 Å². The van der Waals surface area contributed by atoms with Crippen LogP contribution >= 0.6 is 11.3 Å². The molecule has 1 aromatic rings. The van der Waals surface area contributed by atoms with Crippen molar-refractivity contribution in [1.29, 1.82) is 0 Å². The van der Waals surface area contributed by atoms with E-state index in [-0.39, 0.29) is 5.60 Å². The van der Waals surface area contributed by atoms with Crippen LogP contribution in [0.3, 0.4) is 0 Å². The maximum absolute atomic E-state index is 6.22. The Morgan fingerprint density at radius 2 is 2.04 bits per heavy atom. The number of nitrogens with zero attached hydrogens (tertiary/aromatic N) is 3. The van der Waals surface area contributed by atoms with Crippen molar-refractivity contribution in [2.75, 3.05) is 44.4 Å². The average Bonchev–Trinajstić information content (AvgIpc) is 2.98. The molecule has 0 amide bonds. The first kappa shape index (κ1) is 15.7. The summed E-state index contributed by atoms with van der Waals surface area (Å²) in [6.07, 6.45) is 4.63. The van der Waals surface area contributed by atoms with Crippen molar-refractivity contribution in [1.82, 2.24) is 10.2 Å². The van der Waals surface area contributed by atoms with Gasteiger partial charge in [-0.2, -0.15) is 0 Å². The van der Waals surface area contributed by atoms with E-state index in [1.54, 1.807) is 11.3 Å². The molecule has 0 radical (unpaired) electrons. The maximum atomic E-state index is 6.22. The van der Waals surface area contributed by atoms with Crippen LogP contribution in [-0.4, -0.2) is 61.4 Å². The lowest BCUT2D eigenvalue weighted by molar-refractivity contribution is -0.150. The molecule has 3 aliphatic rings. The number of hydrogen-bond donors (Lipinski definition) is 0. The van der Waals surface area contributed by atoms with E-state index < -0.39 is 0 Å². The Hall–Kier alpha value is -0.760. The zero-order valence-corrected chi connectivity index (χ0v) is 14.5. The molecule has 3 fully saturated rings. The molecule has 0 aliphatic carbocycles. The summed E-state index contributed by atoms with van der Waals surface area (Å²) in [6.45, 7) is 7.29. The van der Waals surface area contributed by atoms with Crippen LogP contribution < -0.4 is 4.90 Å². The van der Waals surface area contributed by atoms with Gasteiger partial charge < -0.3 is 19.1 Å². The minimum absolute atomic E-state index is 0.0296. The molecule has 1 spiro atoms. The first-order chi connectivity index (χ1) is 11.2. The molecule has 0 unspecified atom stereocenters. The minimum Gasteiger partial charge on any atom is -0.381 e. The molecular weight excluding hydrogens is 314 g/mol. The van der Waals surface area contributed by atoms with Crippen LogP contribution in [0.5, 0.6) is 0 Å². The molecule has 1 aromatic heterocycles. The van der Waals surface area contributed by atoms with E-state index in [0.717, 1.165) is 75.3 Å². The maximum Gasteiger partial charge on any atom is 0.208 e. The third-order valence-electron chi connectivity index (χ3n) is 5.10. The van der Waals surface area contributed by atoms with Gasteiger partial charge in [0.05, 0.1) is 19.2 Å². The van der Waals surface area contributed by atoms with Crippen LogP contribution in [0.15, 0.2) is 0 Å². The normalized spacial score (nSPS) is 28.0. The molecule has 3 saturated heterocycles. The van der Waals surface area contributed by atoms with Crippen molar-refractivity contribution in [3.05, 3.63) is 5.01 Å². The van der Waals surface area contributed by atoms with Crippen LogP contribution in [0.1, 0.15) is 30.7 Å². The van der Waals surface area contributed by atoms with E-state index in [2.05, 4.69) is 15.1 Å². The van der Waals surface area contributed by atoms with Gasteiger partial charge >= 0.3 is 0 Å². The van der Waals surface area contributed by atoms with E-state index in [9.17, 15) is 0 Å². The number of hydrogen-bond acceptors (Lipinski definition) is 7. The van der Waals surface area contributed by atoms with Gasteiger partial charge in [0.15, 0.2) is 0 Å². The summed E-state index contributed by atoms with van der Waals surface area (Å²) < 4.78 is 17.7. The summed E-state index contributed by atoms with van der Waals surface area (Å²) in [7, 11) is 0. The molecule has 0 aromatic carbocycles. The highest BCUT2D eigenvalue weighted by atomic mass is 32.1. The Morgan fingerprint density at radius 3 is 2.78 bits per heavy atom. The number of anilines is 1. The molecule has 0 saturated carbocycles. The predicted molar refractivity (Wildman–Crippen MR) is 88.1 cm³/mol. The van der Waals surface area contributed by atoms with Crippen molar-refractivity contribution in [3.8, 4) is 0 Å². The van der Waals surface area contributed by atoms with Gasteiger partial charge in [-0.05, 0) is 32.1 Å². The smallest absolute Gasteiger partial charge is 0.208 e. The molecule has 6 nitrogen and oxygen atoms in total. The summed E-state index contributed by atoms with van der Waals surface area (Å²) in [4.78, 5) is 2.27. The molecule has 7 heteroatoms. The molecule has 3 aliphatic heterocycles. The van der Waals surface area contributed by atoms with Gasteiger partial charge in [-0.1, -0.05) is 11.3 Å². The Labute approximate surface area is 141 Å². The molecule has 1 atom stereocenters. The molecular formula is C16H25N3O3S. The minimum atomic E-state index is -0.0296. The van der Waals surface area contributed by atoms with Gasteiger partial charge in [0.25, 0.3) is 0 Å². The van der Waals surface area contributed by atoms with E-state index in [0.29, 0.717) is 12.0 Å². The summed E-state index contributed by atoms with van der Waals surface area (Å²) in [5.74, 6) is 0.671. The summed E-state index contributed by atoms with van der Waals surface area (Å²) in [5, 5.41) is 10.4. The molecule has 0 bridgehead atoms. The van der Waals surface area contributed by atoms with E-state index >= 15 is 0 Å². The van der Waals surface area contributed by atoms with Crippen molar-refractivity contribution in [2.24, 2.45) is 5.92 Å². The van der Waals surface area contributed by atoms with Gasteiger partial charge in [-0.25, -0.2) is 0 Å². The number of ether oxygens (including phenoxy) is 3. The molecule has 23 heavy (non-hydrogen) atoms.